The predicted molar refractivity (Wildman–Crippen MR) is 114 cm³/mol. The maximum Gasteiger partial charge on any atom is 0.292 e. The molecule has 1 fully saturated rings. The van der Waals surface area contributed by atoms with Crippen LogP contribution in [-0.4, -0.2) is 41.9 Å². The average molecular weight is 396 g/mol. The Bertz CT molecular complexity index is 866. The van der Waals surface area contributed by atoms with Crippen molar-refractivity contribution in [3.63, 3.8) is 0 Å². The third kappa shape index (κ3) is 4.56. The first-order chi connectivity index (χ1) is 14.0. The number of carbonyl (C=O) groups excluding carboxylic acids is 1. The number of nitro groups is 1. The highest BCUT2D eigenvalue weighted by atomic mass is 16.6. The third-order valence-corrected chi connectivity index (χ3v) is 5.68. The van der Waals surface area contributed by atoms with Gasteiger partial charge in [0.1, 0.15) is 5.69 Å². The van der Waals surface area contributed by atoms with Crippen molar-refractivity contribution in [2.75, 3.05) is 31.5 Å². The Morgan fingerprint density at radius 3 is 2.52 bits per heavy atom. The molecule has 1 unspecified atom stereocenters. The van der Waals surface area contributed by atoms with E-state index in [0.29, 0.717) is 17.8 Å². The summed E-state index contributed by atoms with van der Waals surface area (Å²) in [5.74, 6) is -0.0587. The van der Waals surface area contributed by atoms with Crippen molar-refractivity contribution in [1.29, 1.82) is 0 Å². The van der Waals surface area contributed by atoms with Crippen LogP contribution in [0.5, 0.6) is 0 Å². The van der Waals surface area contributed by atoms with Gasteiger partial charge < -0.3 is 16.0 Å². The van der Waals surface area contributed by atoms with Gasteiger partial charge in [-0.1, -0.05) is 36.4 Å². The molecule has 0 saturated carbocycles. The zero-order valence-corrected chi connectivity index (χ0v) is 16.8. The van der Waals surface area contributed by atoms with Gasteiger partial charge in [-0.2, -0.15) is 0 Å². The zero-order valence-electron chi connectivity index (χ0n) is 16.8. The summed E-state index contributed by atoms with van der Waals surface area (Å²) in [6.07, 6.45) is 2.72. The lowest BCUT2D eigenvalue weighted by molar-refractivity contribution is -0.384. The number of carbonyl (C=O) groups is 1. The number of nitrogens with two attached hydrogens (primary N) is 1. The van der Waals surface area contributed by atoms with Gasteiger partial charge in [0.15, 0.2) is 0 Å². The monoisotopic (exact) mass is 396 g/mol. The van der Waals surface area contributed by atoms with Crippen LogP contribution in [0.3, 0.4) is 0 Å². The van der Waals surface area contributed by atoms with Gasteiger partial charge in [0.05, 0.1) is 10.3 Å². The van der Waals surface area contributed by atoms with Crippen molar-refractivity contribution >= 4 is 17.3 Å². The Labute approximate surface area is 171 Å². The summed E-state index contributed by atoms with van der Waals surface area (Å²) in [5.41, 5.74) is 7.16. The van der Waals surface area contributed by atoms with Gasteiger partial charge >= 0.3 is 0 Å². The van der Waals surface area contributed by atoms with Crippen LogP contribution in [0.15, 0.2) is 48.5 Å². The average Bonchev–Trinajstić information content (AvgIpc) is 3.28. The summed E-state index contributed by atoms with van der Waals surface area (Å²) in [5, 5.41) is 14.8. The number of amides is 1. The first-order valence-corrected chi connectivity index (χ1v) is 10.0. The summed E-state index contributed by atoms with van der Waals surface area (Å²) in [4.78, 5) is 26.1. The molecule has 2 aromatic rings. The molecule has 0 radical (unpaired) electrons. The molecular weight excluding hydrogens is 368 g/mol. The molecule has 0 aliphatic carbocycles. The normalized spacial score (nSPS) is 15.7. The van der Waals surface area contributed by atoms with Gasteiger partial charge in [-0.3, -0.25) is 14.9 Å². The zero-order chi connectivity index (χ0) is 20.9. The SMILES string of the molecule is CC(CN)(C(=O)N1CCCC1)c1ccc(NCCc2ccccc2)c([N+](=O)[O-])c1. The second-order valence-electron chi connectivity index (χ2n) is 7.69. The fourth-order valence-electron chi connectivity index (χ4n) is 3.76. The van der Waals surface area contributed by atoms with E-state index in [1.807, 2.05) is 35.2 Å². The maximum atomic E-state index is 13.1. The van der Waals surface area contributed by atoms with E-state index in [1.54, 1.807) is 19.1 Å². The van der Waals surface area contributed by atoms with E-state index in [-0.39, 0.29) is 18.1 Å². The fourth-order valence-corrected chi connectivity index (χ4v) is 3.76. The van der Waals surface area contributed by atoms with Crippen LogP contribution in [0, 0.1) is 10.1 Å². The Kier molecular flexibility index (Phi) is 6.49. The molecule has 3 rings (SSSR count). The second kappa shape index (κ2) is 9.05. The summed E-state index contributed by atoms with van der Waals surface area (Å²) in [6.45, 7) is 3.88. The molecule has 29 heavy (non-hydrogen) atoms. The highest BCUT2D eigenvalue weighted by molar-refractivity contribution is 5.89. The number of nitrogens with zero attached hydrogens (tertiary/aromatic N) is 2. The molecule has 2 aromatic carbocycles. The first-order valence-electron chi connectivity index (χ1n) is 10.0. The molecule has 1 amide bonds. The summed E-state index contributed by atoms with van der Waals surface area (Å²) in [7, 11) is 0. The number of hydrogen-bond acceptors (Lipinski definition) is 5. The van der Waals surface area contributed by atoms with Gasteiger partial charge in [0, 0.05) is 32.2 Å². The first kappa shape index (κ1) is 20.8. The van der Waals surface area contributed by atoms with E-state index in [1.165, 1.54) is 6.07 Å². The van der Waals surface area contributed by atoms with Crippen LogP contribution in [0.25, 0.3) is 0 Å². The Balaban J connectivity index is 1.80. The lowest BCUT2D eigenvalue weighted by atomic mass is 9.80. The highest BCUT2D eigenvalue weighted by Gasteiger charge is 2.39. The van der Waals surface area contributed by atoms with Crippen LogP contribution in [-0.2, 0) is 16.6 Å². The number of hydrogen-bond donors (Lipinski definition) is 2. The lowest BCUT2D eigenvalue weighted by Gasteiger charge is -2.32. The molecule has 0 aromatic heterocycles. The van der Waals surface area contributed by atoms with E-state index in [9.17, 15) is 14.9 Å². The number of likely N-dealkylation sites (tertiary alicyclic amines) is 1. The summed E-state index contributed by atoms with van der Waals surface area (Å²) in [6, 6.07) is 14.9. The van der Waals surface area contributed by atoms with Crippen LogP contribution in [0.1, 0.15) is 30.9 Å². The quantitative estimate of drug-likeness (QED) is 0.527. The number of rotatable bonds is 8. The Morgan fingerprint density at radius 2 is 1.90 bits per heavy atom. The molecule has 3 N–H and O–H groups in total. The van der Waals surface area contributed by atoms with E-state index < -0.39 is 10.3 Å². The third-order valence-electron chi connectivity index (χ3n) is 5.68. The molecule has 0 bridgehead atoms. The molecule has 1 heterocycles. The summed E-state index contributed by atoms with van der Waals surface area (Å²) >= 11 is 0. The topological polar surface area (TPSA) is 102 Å². The smallest absolute Gasteiger partial charge is 0.292 e. The van der Waals surface area contributed by atoms with Crippen LogP contribution in [0.2, 0.25) is 0 Å². The van der Waals surface area contributed by atoms with E-state index in [2.05, 4.69) is 5.32 Å². The fraction of sp³-hybridized carbons (Fsp3) is 0.409. The summed E-state index contributed by atoms with van der Waals surface area (Å²) < 4.78 is 0. The molecule has 7 nitrogen and oxygen atoms in total. The maximum absolute atomic E-state index is 13.1. The van der Waals surface area contributed by atoms with Crippen molar-refractivity contribution < 1.29 is 9.72 Å². The lowest BCUT2D eigenvalue weighted by Crippen LogP contribution is -2.48. The Hall–Kier alpha value is -2.93. The van der Waals surface area contributed by atoms with Gasteiger partial charge in [-0.25, -0.2) is 0 Å². The van der Waals surface area contributed by atoms with Crippen molar-refractivity contribution in [2.45, 2.75) is 31.6 Å². The minimum absolute atomic E-state index is 0.0375. The molecular formula is C22H28N4O3. The van der Waals surface area contributed by atoms with E-state index in [4.69, 9.17) is 5.73 Å². The van der Waals surface area contributed by atoms with Gasteiger partial charge in [0.2, 0.25) is 5.91 Å². The number of nitrogens with one attached hydrogen (secondary N) is 1. The molecule has 0 spiro atoms. The Morgan fingerprint density at radius 1 is 1.21 bits per heavy atom. The van der Waals surface area contributed by atoms with Gasteiger partial charge in [-0.15, -0.1) is 0 Å². The molecule has 7 heteroatoms. The van der Waals surface area contributed by atoms with Gasteiger partial charge in [0.25, 0.3) is 5.69 Å². The van der Waals surface area contributed by atoms with Crippen molar-refractivity contribution in [2.24, 2.45) is 5.73 Å². The molecule has 1 aliphatic rings. The minimum Gasteiger partial charge on any atom is -0.379 e. The van der Waals surface area contributed by atoms with Crippen molar-refractivity contribution in [1.82, 2.24) is 4.90 Å². The van der Waals surface area contributed by atoms with Crippen molar-refractivity contribution in [3.8, 4) is 0 Å². The van der Waals surface area contributed by atoms with E-state index >= 15 is 0 Å². The largest absolute Gasteiger partial charge is 0.379 e. The molecule has 1 aliphatic heterocycles. The number of benzene rings is 2. The van der Waals surface area contributed by atoms with Crippen LogP contribution in [0.4, 0.5) is 11.4 Å². The van der Waals surface area contributed by atoms with E-state index in [0.717, 1.165) is 37.9 Å². The van der Waals surface area contributed by atoms with Gasteiger partial charge in [-0.05, 0) is 43.4 Å². The molecule has 1 saturated heterocycles. The second-order valence-corrected chi connectivity index (χ2v) is 7.69. The highest BCUT2D eigenvalue weighted by Crippen LogP contribution is 2.33. The molecule has 1 atom stereocenters. The number of nitro benzene ring substituents is 1. The minimum atomic E-state index is -0.975. The molecule has 154 valence electrons. The van der Waals surface area contributed by atoms with Crippen LogP contribution < -0.4 is 11.1 Å². The number of anilines is 1. The van der Waals surface area contributed by atoms with Crippen LogP contribution >= 0.6 is 0 Å². The standard InChI is InChI=1S/C22H28N4O3/c1-22(16-23,21(27)25-13-5-6-14-25)18-9-10-19(20(15-18)26(28)29)24-12-11-17-7-3-2-4-8-17/h2-4,7-10,15,24H,5-6,11-14,16,23H2,1H3. The van der Waals surface area contributed by atoms with Crippen molar-refractivity contribution in [3.05, 3.63) is 69.8 Å². The predicted octanol–water partition coefficient (Wildman–Crippen LogP) is 3.09.